The van der Waals surface area contributed by atoms with Gasteiger partial charge in [0.1, 0.15) is 0 Å². The van der Waals surface area contributed by atoms with Gasteiger partial charge in [0.2, 0.25) is 11.9 Å². The molecule has 0 unspecified atom stereocenters. The molecule has 0 saturated carbocycles. The zero-order valence-corrected chi connectivity index (χ0v) is 8.14. The van der Waals surface area contributed by atoms with E-state index in [1.807, 2.05) is 6.26 Å². The van der Waals surface area contributed by atoms with Gasteiger partial charge in [-0.05, 0) is 6.26 Å². The van der Waals surface area contributed by atoms with Crippen molar-refractivity contribution in [3.63, 3.8) is 0 Å². The van der Waals surface area contributed by atoms with Crippen LogP contribution < -0.4 is 11.1 Å². The second-order valence-electron chi connectivity index (χ2n) is 2.17. The van der Waals surface area contributed by atoms with E-state index in [1.54, 1.807) is 6.08 Å². The average Bonchev–Trinajstić information content (AvgIpc) is 2.14. The molecule has 1 aromatic rings. The summed E-state index contributed by atoms with van der Waals surface area (Å²) in [5.41, 5.74) is 5.47. The molecule has 0 aliphatic heterocycles. The Bertz CT molecular complexity index is 301. The van der Waals surface area contributed by atoms with Crippen LogP contribution in [0.3, 0.4) is 0 Å². The van der Waals surface area contributed by atoms with E-state index >= 15 is 0 Å². The predicted octanol–water partition coefficient (Wildman–Crippen LogP) is 0.774. The average molecular weight is 197 g/mol. The van der Waals surface area contributed by atoms with Crippen molar-refractivity contribution in [1.82, 2.24) is 15.0 Å². The first-order valence-electron chi connectivity index (χ1n) is 3.66. The fourth-order valence-electron chi connectivity index (χ4n) is 0.706. The molecule has 0 aliphatic carbocycles. The first-order valence-corrected chi connectivity index (χ1v) is 4.89. The van der Waals surface area contributed by atoms with Crippen LogP contribution in [-0.4, -0.2) is 27.8 Å². The van der Waals surface area contributed by atoms with E-state index in [2.05, 4.69) is 26.8 Å². The van der Waals surface area contributed by atoms with Crippen molar-refractivity contribution < 1.29 is 0 Å². The first kappa shape index (κ1) is 9.79. The molecule has 0 saturated heterocycles. The highest BCUT2D eigenvalue weighted by Crippen LogP contribution is 2.11. The second-order valence-corrected chi connectivity index (χ2v) is 2.95. The summed E-state index contributed by atoms with van der Waals surface area (Å²) in [7, 11) is 0. The van der Waals surface area contributed by atoms with E-state index in [-0.39, 0.29) is 5.95 Å². The van der Waals surface area contributed by atoms with E-state index in [9.17, 15) is 0 Å². The Morgan fingerprint density at radius 1 is 1.54 bits per heavy atom. The van der Waals surface area contributed by atoms with Crippen LogP contribution in [0.25, 0.3) is 0 Å². The number of aromatic nitrogens is 3. The molecule has 1 heterocycles. The van der Waals surface area contributed by atoms with Gasteiger partial charge in [-0.25, -0.2) is 0 Å². The third kappa shape index (κ3) is 2.90. The summed E-state index contributed by atoms with van der Waals surface area (Å²) < 4.78 is 0. The molecule has 13 heavy (non-hydrogen) atoms. The summed E-state index contributed by atoms with van der Waals surface area (Å²) in [4.78, 5) is 11.9. The largest absolute Gasteiger partial charge is 0.368 e. The number of nitrogens with zero attached hydrogens (tertiary/aromatic N) is 3. The molecule has 0 aromatic carbocycles. The van der Waals surface area contributed by atoms with Gasteiger partial charge in [0, 0.05) is 6.54 Å². The summed E-state index contributed by atoms with van der Waals surface area (Å²) in [6.45, 7) is 4.18. The Kier molecular flexibility index (Phi) is 3.51. The van der Waals surface area contributed by atoms with Gasteiger partial charge in [-0.2, -0.15) is 15.0 Å². The molecule has 3 N–H and O–H groups in total. The Morgan fingerprint density at radius 2 is 2.31 bits per heavy atom. The van der Waals surface area contributed by atoms with Crippen LogP contribution in [0, 0.1) is 0 Å². The van der Waals surface area contributed by atoms with Gasteiger partial charge in [0.25, 0.3) is 0 Å². The lowest BCUT2D eigenvalue weighted by Gasteiger charge is -2.02. The summed E-state index contributed by atoms with van der Waals surface area (Å²) in [5.74, 6) is 0.711. The maximum absolute atomic E-state index is 5.47. The minimum absolute atomic E-state index is 0.228. The van der Waals surface area contributed by atoms with Gasteiger partial charge in [-0.15, -0.1) is 6.58 Å². The molecule has 5 nitrogen and oxygen atoms in total. The van der Waals surface area contributed by atoms with Crippen LogP contribution in [0.4, 0.5) is 11.9 Å². The number of rotatable bonds is 4. The number of nitrogens with two attached hydrogens (primary N) is 1. The molecule has 0 amide bonds. The molecule has 0 fully saturated rings. The molecule has 1 rings (SSSR count). The number of hydrogen-bond acceptors (Lipinski definition) is 6. The SMILES string of the molecule is C=CCNc1nc(N)nc(SC)n1. The highest BCUT2D eigenvalue weighted by molar-refractivity contribution is 7.98. The third-order valence-electron chi connectivity index (χ3n) is 1.22. The summed E-state index contributed by atoms with van der Waals surface area (Å²) in [5, 5.41) is 3.55. The normalized spacial score (nSPS) is 9.62. The van der Waals surface area contributed by atoms with Crippen LogP contribution in [0.1, 0.15) is 0 Å². The van der Waals surface area contributed by atoms with Crippen molar-refractivity contribution in [2.75, 3.05) is 23.9 Å². The fourth-order valence-corrected chi connectivity index (χ4v) is 1.07. The Labute approximate surface area is 80.9 Å². The second kappa shape index (κ2) is 4.66. The summed E-state index contributed by atoms with van der Waals surface area (Å²) in [6, 6.07) is 0. The molecular formula is C7H11N5S. The molecule has 0 aliphatic rings. The predicted molar refractivity (Wildman–Crippen MR) is 54.7 cm³/mol. The standard InChI is InChI=1S/C7H11N5S/c1-3-4-9-6-10-5(8)11-7(12-6)13-2/h3H,1,4H2,2H3,(H3,8,9,10,11,12). The number of thioether (sulfide) groups is 1. The van der Waals surface area contributed by atoms with Crippen molar-refractivity contribution in [2.45, 2.75) is 5.16 Å². The Balaban J connectivity index is 2.81. The first-order chi connectivity index (χ1) is 6.26. The molecular weight excluding hydrogens is 186 g/mol. The van der Waals surface area contributed by atoms with Crippen molar-refractivity contribution in [2.24, 2.45) is 0 Å². The zero-order chi connectivity index (χ0) is 9.68. The van der Waals surface area contributed by atoms with Crippen molar-refractivity contribution >= 4 is 23.7 Å². The molecule has 1 aromatic heterocycles. The van der Waals surface area contributed by atoms with Gasteiger partial charge in [0.15, 0.2) is 5.16 Å². The van der Waals surface area contributed by atoms with E-state index in [4.69, 9.17) is 5.73 Å². The third-order valence-corrected chi connectivity index (χ3v) is 1.77. The van der Waals surface area contributed by atoms with Crippen LogP contribution in [-0.2, 0) is 0 Å². The van der Waals surface area contributed by atoms with Crippen LogP contribution in [0.15, 0.2) is 17.8 Å². The Morgan fingerprint density at radius 3 is 2.92 bits per heavy atom. The molecule has 70 valence electrons. The lowest BCUT2D eigenvalue weighted by Crippen LogP contribution is -2.07. The van der Waals surface area contributed by atoms with Gasteiger partial charge < -0.3 is 11.1 Å². The molecule has 0 spiro atoms. The highest BCUT2D eigenvalue weighted by Gasteiger charge is 2.01. The molecule has 6 heteroatoms. The van der Waals surface area contributed by atoms with Crippen molar-refractivity contribution in [3.8, 4) is 0 Å². The van der Waals surface area contributed by atoms with E-state index in [0.29, 0.717) is 17.6 Å². The monoisotopic (exact) mass is 197 g/mol. The van der Waals surface area contributed by atoms with E-state index in [0.717, 1.165) is 0 Å². The molecule has 0 atom stereocenters. The summed E-state index contributed by atoms with van der Waals surface area (Å²) >= 11 is 1.42. The number of nitrogen functional groups attached to an aromatic ring is 1. The van der Waals surface area contributed by atoms with Gasteiger partial charge in [-0.1, -0.05) is 17.8 Å². The molecule has 0 bridgehead atoms. The number of nitrogens with one attached hydrogen (secondary N) is 1. The Hall–Kier alpha value is -1.30. The van der Waals surface area contributed by atoms with E-state index < -0.39 is 0 Å². The number of anilines is 2. The zero-order valence-electron chi connectivity index (χ0n) is 7.32. The molecule has 0 radical (unpaired) electrons. The van der Waals surface area contributed by atoms with Crippen molar-refractivity contribution in [3.05, 3.63) is 12.7 Å². The van der Waals surface area contributed by atoms with Gasteiger partial charge >= 0.3 is 0 Å². The van der Waals surface area contributed by atoms with Crippen molar-refractivity contribution in [1.29, 1.82) is 0 Å². The maximum atomic E-state index is 5.47. The topological polar surface area (TPSA) is 76.7 Å². The fraction of sp³-hybridized carbons (Fsp3) is 0.286. The van der Waals surface area contributed by atoms with E-state index in [1.165, 1.54) is 11.8 Å². The minimum atomic E-state index is 0.228. The summed E-state index contributed by atoms with van der Waals surface area (Å²) in [6.07, 6.45) is 3.60. The quantitative estimate of drug-likeness (QED) is 0.548. The lowest BCUT2D eigenvalue weighted by molar-refractivity contribution is 0.918. The number of hydrogen-bond donors (Lipinski definition) is 2. The van der Waals surface area contributed by atoms with Gasteiger partial charge in [-0.3, -0.25) is 0 Å². The van der Waals surface area contributed by atoms with Crippen LogP contribution in [0.5, 0.6) is 0 Å². The van der Waals surface area contributed by atoms with Crippen LogP contribution in [0.2, 0.25) is 0 Å². The van der Waals surface area contributed by atoms with Crippen LogP contribution >= 0.6 is 11.8 Å². The highest BCUT2D eigenvalue weighted by atomic mass is 32.2. The smallest absolute Gasteiger partial charge is 0.228 e. The lowest BCUT2D eigenvalue weighted by atomic mass is 10.6. The van der Waals surface area contributed by atoms with Gasteiger partial charge in [0.05, 0.1) is 0 Å². The minimum Gasteiger partial charge on any atom is -0.368 e. The maximum Gasteiger partial charge on any atom is 0.228 e.